The molecular weight excluding hydrogens is 410 g/mol. The Labute approximate surface area is 188 Å². The number of likely N-dealkylation sites (N-methyl/N-ethyl adjacent to an activating group) is 1. The molecule has 2 heterocycles. The summed E-state index contributed by atoms with van der Waals surface area (Å²) in [6.07, 6.45) is 0.888. The van der Waals surface area contributed by atoms with Crippen molar-refractivity contribution in [1.29, 1.82) is 0 Å². The summed E-state index contributed by atoms with van der Waals surface area (Å²) in [4.78, 5) is 20.7. The van der Waals surface area contributed by atoms with Gasteiger partial charge in [-0.05, 0) is 47.4 Å². The van der Waals surface area contributed by atoms with Gasteiger partial charge in [0.25, 0.3) is 0 Å². The summed E-state index contributed by atoms with van der Waals surface area (Å²) in [5.41, 5.74) is 3.31. The first kappa shape index (κ1) is 21.3. The summed E-state index contributed by atoms with van der Waals surface area (Å²) in [5.74, 6) is -0.277. The maximum Gasteiger partial charge on any atom is 0.319 e. The van der Waals surface area contributed by atoms with E-state index in [1.165, 1.54) is 18.2 Å². The Hall–Kier alpha value is -2.51. The average Bonchev–Trinajstić information content (AvgIpc) is 3.33. The molecule has 0 bridgehead atoms. The van der Waals surface area contributed by atoms with Gasteiger partial charge in [-0.15, -0.1) is 0 Å². The molecule has 5 rings (SSSR count). The molecular formula is C25H30F2N4O. The standard InChI is InChI=1S/C25H30F2N4O/c1-28-8-12-31(25(28)32)15-11-29-9-13-30(14-10-29)24-17-22(18-2-4-19(26)5-3-18)21-7-6-20(27)16-23(21)24/h2-7,16,22,24H,8-15,17H2,1H3/t22-,24+/m1/s1. The van der Waals surface area contributed by atoms with E-state index in [2.05, 4.69) is 9.80 Å². The van der Waals surface area contributed by atoms with Crippen molar-refractivity contribution >= 4 is 6.03 Å². The van der Waals surface area contributed by atoms with Crippen molar-refractivity contribution in [2.24, 2.45) is 0 Å². The van der Waals surface area contributed by atoms with Crippen LogP contribution in [0.2, 0.25) is 0 Å². The van der Waals surface area contributed by atoms with E-state index in [9.17, 15) is 13.6 Å². The summed E-state index contributed by atoms with van der Waals surface area (Å²) in [6.45, 7) is 7.01. The lowest BCUT2D eigenvalue weighted by atomic mass is 9.93. The fraction of sp³-hybridized carbons (Fsp3) is 0.480. The van der Waals surface area contributed by atoms with Crippen molar-refractivity contribution in [3.05, 3.63) is 70.8 Å². The minimum absolute atomic E-state index is 0.125. The highest BCUT2D eigenvalue weighted by molar-refractivity contribution is 5.76. The molecule has 5 nitrogen and oxygen atoms in total. The number of piperazine rings is 1. The lowest BCUT2D eigenvalue weighted by Crippen LogP contribution is -2.49. The van der Waals surface area contributed by atoms with E-state index >= 15 is 0 Å². The summed E-state index contributed by atoms with van der Waals surface area (Å²) in [6, 6.07) is 12.1. The second kappa shape index (κ2) is 8.79. The Kier molecular flexibility index (Phi) is 5.86. The molecule has 0 saturated carbocycles. The molecule has 7 heteroatoms. The van der Waals surface area contributed by atoms with Crippen LogP contribution < -0.4 is 0 Å². The van der Waals surface area contributed by atoms with E-state index in [1.807, 2.05) is 30.1 Å². The summed E-state index contributed by atoms with van der Waals surface area (Å²) in [5, 5.41) is 0. The molecule has 170 valence electrons. The molecule has 2 aromatic rings. The molecule has 2 aliphatic heterocycles. The first-order valence-electron chi connectivity index (χ1n) is 11.5. The predicted octanol–water partition coefficient (Wildman–Crippen LogP) is 3.53. The maximum absolute atomic E-state index is 14.1. The highest BCUT2D eigenvalue weighted by Gasteiger charge is 2.37. The van der Waals surface area contributed by atoms with Gasteiger partial charge in [0.1, 0.15) is 11.6 Å². The second-order valence-electron chi connectivity index (χ2n) is 9.20. The van der Waals surface area contributed by atoms with Crippen LogP contribution in [0.4, 0.5) is 13.6 Å². The largest absolute Gasteiger partial charge is 0.326 e. The number of hydrogen-bond donors (Lipinski definition) is 0. The SMILES string of the molecule is CN1CCN(CCN2CCN([C@H]3C[C@H](c4ccc(F)cc4)c4ccc(F)cc43)CC2)C1=O. The normalized spacial score (nSPS) is 24.4. The van der Waals surface area contributed by atoms with Gasteiger partial charge in [0.15, 0.2) is 0 Å². The minimum Gasteiger partial charge on any atom is -0.326 e. The zero-order valence-electron chi connectivity index (χ0n) is 18.5. The first-order valence-corrected chi connectivity index (χ1v) is 11.5. The van der Waals surface area contributed by atoms with Gasteiger partial charge in [-0.25, -0.2) is 13.6 Å². The third-order valence-electron chi connectivity index (χ3n) is 7.35. The van der Waals surface area contributed by atoms with Gasteiger partial charge >= 0.3 is 6.03 Å². The smallest absolute Gasteiger partial charge is 0.319 e. The Morgan fingerprint density at radius 3 is 2.25 bits per heavy atom. The molecule has 2 atom stereocenters. The molecule has 2 saturated heterocycles. The Balaban J connectivity index is 1.24. The van der Waals surface area contributed by atoms with Crippen LogP contribution in [-0.4, -0.2) is 85.0 Å². The van der Waals surface area contributed by atoms with Crippen LogP contribution >= 0.6 is 0 Å². The monoisotopic (exact) mass is 440 g/mol. The number of fused-ring (bicyclic) bond motifs is 1. The van der Waals surface area contributed by atoms with Gasteiger partial charge in [0.05, 0.1) is 0 Å². The Morgan fingerprint density at radius 1 is 0.844 bits per heavy atom. The van der Waals surface area contributed by atoms with Crippen LogP contribution in [0, 0.1) is 11.6 Å². The topological polar surface area (TPSA) is 30.0 Å². The van der Waals surface area contributed by atoms with Gasteiger partial charge in [0, 0.05) is 71.4 Å². The highest BCUT2D eigenvalue weighted by atomic mass is 19.1. The molecule has 1 aliphatic carbocycles. The Morgan fingerprint density at radius 2 is 1.56 bits per heavy atom. The minimum atomic E-state index is -0.235. The van der Waals surface area contributed by atoms with E-state index in [0.29, 0.717) is 0 Å². The van der Waals surface area contributed by atoms with E-state index in [4.69, 9.17) is 0 Å². The molecule has 0 spiro atoms. The number of urea groups is 1. The van der Waals surface area contributed by atoms with E-state index in [1.54, 1.807) is 11.0 Å². The quantitative estimate of drug-likeness (QED) is 0.713. The molecule has 2 amide bonds. The van der Waals surface area contributed by atoms with Gasteiger partial charge in [-0.1, -0.05) is 18.2 Å². The third kappa shape index (κ3) is 4.11. The zero-order valence-corrected chi connectivity index (χ0v) is 18.5. The maximum atomic E-state index is 14.1. The molecule has 32 heavy (non-hydrogen) atoms. The van der Waals surface area contributed by atoms with Gasteiger partial charge in [-0.3, -0.25) is 9.80 Å². The number of benzene rings is 2. The molecule has 2 aromatic carbocycles. The zero-order chi connectivity index (χ0) is 22.2. The molecule has 3 aliphatic rings. The van der Waals surface area contributed by atoms with E-state index in [0.717, 1.165) is 75.5 Å². The summed E-state index contributed by atoms with van der Waals surface area (Å²) >= 11 is 0. The van der Waals surface area contributed by atoms with Crippen LogP contribution in [0.1, 0.15) is 35.1 Å². The molecule has 2 fully saturated rings. The van der Waals surface area contributed by atoms with Crippen molar-refractivity contribution in [3.63, 3.8) is 0 Å². The summed E-state index contributed by atoms with van der Waals surface area (Å²) < 4.78 is 27.6. The molecule has 0 radical (unpaired) electrons. The van der Waals surface area contributed by atoms with E-state index in [-0.39, 0.29) is 29.6 Å². The fourth-order valence-corrected chi connectivity index (χ4v) is 5.46. The third-order valence-corrected chi connectivity index (χ3v) is 7.35. The number of hydrogen-bond acceptors (Lipinski definition) is 3. The van der Waals surface area contributed by atoms with Gasteiger partial charge in [-0.2, -0.15) is 0 Å². The molecule has 0 unspecified atom stereocenters. The number of rotatable bonds is 5. The van der Waals surface area contributed by atoms with Crippen LogP contribution in [0.5, 0.6) is 0 Å². The second-order valence-corrected chi connectivity index (χ2v) is 9.20. The Bertz CT molecular complexity index is 974. The van der Waals surface area contributed by atoms with Crippen molar-refractivity contribution in [1.82, 2.24) is 19.6 Å². The van der Waals surface area contributed by atoms with Crippen LogP contribution in [0.15, 0.2) is 42.5 Å². The number of halogens is 2. The number of nitrogens with zero attached hydrogens (tertiary/aromatic N) is 4. The van der Waals surface area contributed by atoms with E-state index < -0.39 is 0 Å². The van der Waals surface area contributed by atoms with Crippen molar-refractivity contribution < 1.29 is 13.6 Å². The fourth-order valence-electron chi connectivity index (χ4n) is 5.46. The van der Waals surface area contributed by atoms with Crippen LogP contribution in [0.25, 0.3) is 0 Å². The van der Waals surface area contributed by atoms with Crippen molar-refractivity contribution in [2.45, 2.75) is 18.4 Å². The lowest BCUT2D eigenvalue weighted by molar-refractivity contribution is 0.0901. The van der Waals surface area contributed by atoms with Gasteiger partial charge in [0.2, 0.25) is 0 Å². The first-order chi connectivity index (χ1) is 15.5. The molecule has 0 aromatic heterocycles. The number of carbonyl (C=O) groups is 1. The predicted molar refractivity (Wildman–Crippen MR) is 120 cm³/mol. The lowest BCUT2D eigenvalue weighted by Gasteiger charge is -2.39. The average molecular weight is 441 g/mol. The number of carbonyl (C=O) groups excluding carboxylic acids is 1. The summed E-state index contributed by atoms with van der Waals surface area (Å²) in [7, 11) is 1.85. The van der Waals surface area contributed by atoms with Crippen molar-refractivity contribution in [2.75, 3.05) is 59.4 Å². The molecule has 0 N–H and O–H groups in total. The highest BCUT2D eigenvalue weighted by Crippen LogP contribution is 2.47. The van der Waals surface area contributed by atoms with Crippen molar-refractivity contribution in [3.8, 4) is 0 Å². The number of amides is 2. The van der Waals surface area contributed by atoms with Gasteiger partial charge < -0.3 is 9.80 Å². The van der Waals surface area contributed by atoms with Crippen LogP contribution in [0.3, 0.4) is 0 Å². The van der Waals surface area contributed by atoms with Crippen LogP contribution in [-0.2, 0) is 0 Å².